The van der Waals surface area contributed by atoms with Gasteiger partial charge in [0.15, 0.2) is 0 Å². The number of carboxylic acids is 1. The number of hydrogen-bond acceptors (Lipinski definition) is 4. The predicted octanol–water partition coefficient (Wildman–Crippen LogP) is 2.97. The second-order valence-electron chi connectivity index (χ2n) is 4.21. The Labute approximate surface area is 115 Å². The summed E-state index contributed by atoms with van der Waals surface area (Å²) in [4.78, 5) is 15.9. The number of aliphatic carboxylic acids is 1. The number of ether oxygens (including phenoxy) is 1. The van der Waals surface area contributed by atoms with Crippen LogP contribution >= 0.6 is 11.3 Å². The number of rotatable bonds is 6. The van der Waals surface area contributed by atoms with Crippen LogP contribution in [0.15, 0.2) is 29.9 Å². The molecule has 0 saturated carbocycles. The maximum atomic E-state index is 10.6. The first kappa shape index (κ1) is 13.7. The van der Waals surface area contributed by atoms with Gasteiger partial charge >= 0.3 is 5.97 Å². The number of carboxylic acid groups (broad SMARTS) is 1. The normalized spacial score (nSPS) is 10.6. The molecule has 0 amide bonds. The van der Waals surface area contributed by atoms with E-state index in [4.69, 9.17) is 9.84 Å². The van der Waals surface area contributed by atoms with E-state index in [1.165, 1.54) is 0 Å². The van der Waals surface area contributed by atoms with Gasteiger partial charge in [-0.3, -0.25) is 9.78 Å². The van der Waals surface area contributed by atoms with E-state index in [-0.39, 0.29) is 6.42 Å². The SMILES string of the molecule is COCc1cc(-c2cncc(CCC(=O)O)c2)cs1. The van der Waals surface area contributed by atoms with Crippen molar-refractivity contribution >= 4 is 17.3 Å². The Morgan fingerprint density at radius 1 is 1.37 bits per heavy atom. The third-order valence-electron chi connectivity index (χ3n) is 2.70. The Morgan fingerprint density at radius 2 is 2.21 bits per heavy atom. The van der Waals surface area contributed by atoms with E-state index in [1.54, 1.807) is 30.8 Å². The van der Waals surface area contributed by atoms with E-state index >= 15 is 0 Å². The van der Waals surface area contributed by atoms with E-state index in [9.17, 15) is 4.79 Å². The third kappa shape index (κ3) is 3.87. The average molecular weight is 277 g/mol. The second kappa shape index (κ2) is 6.45. The van der Waals surface area contributed by atoms with Crippen molar-refractivity contribution in [3.8, 4) is 11.1 Å². The minimum atomic E-state index is -0.789. The van der Waals surface area contributed by atoms with Crippen molar-refractivity contribution in [2.75, 3.05) is 7.11 Å². The zero-order valence-corrected chi connectivity index (χ0v) is 11.4. The molecular weight excluding hydrogens is 262 g/mol. The molecule has 4 nitrogen and oxygen atoms in total. The Morgan fingerprint density at radius 3 is 2.95 bits per heavy atom. The van der Waals surface area contributed by atoms with Gasteiger partial charge in [0.05, 0.1) is 6.61 Å². The topological polar surface area (TPSA) is 59.4 Å². The molecule has 0 spiro atoms. The maximum Gasteiger partial charge on any atom is 0.303 e. The van der Waals surface area contributed by atoms with Gasteiger partial charge in [-0.2, -0.15) is 0 Å². The molecule has 1 N–H and O–H groups in total. The molecule has 0 saturated heterocycles. The lowest BCUT2D eigenvalue weighted by molar-refractivity contribution is -0.136. The summed E-state index contributed by atoms with van der Waals surface area (Å²) in [5.41, 5.74) is 3.06. The van der Waals surface area contributed by atoms with Gasteiger partial charge in [-0.15, -0.1) is 11.3 Å². The Hall–Kier alpha value is -1.72. The molecule has 0 aliphatic carbocycles. The molecule has 0 radical (unpaired) electrons. The summed E-state index contributed by atoms with van der Waals surface area (Å²) in [6, 6.07) is 4.07. The van der Waals surface area contributed by atoms with Crippen molar-refractivity contribution < 1.29 is 14.6 Å². The first-order chi connectivity index (χ1) is 9.19. The average Bonchev–Trinajstić information content (AvgIpc) is 2.86. The fraction of sp³-hybridized carbons (Fsp3) is 0.286. The number of pyridine rings is 1. The van der Waals surface area contributed by atoms with Crippen LogP contribution in [0.1, 0.15) is 16.9 Å². The summed E-state index contributed by atoms with van der Waals surface area (Å²) >= 11 is 1.65. The predicted molar refractivity (Wildman–Crippen MR) is 74.2 cm³/mol. The first-order valence-corrected chi connectivity index (χ1v) is 6.79. The van der Waals surface area contributed by atoms with Crippen molar-refractivity contribution in [3.05, 3.63) is 40.3 Å². The first-order valence-electron chi connectivity index (χ1n) is 5.91. The highest BCUT2D eigenvalue weighted by Gasteiger charge is 2.05. The van der Waals surface area contributed by atoms with Gasteiger partial charge in [-0.25, -0.2) is 0 Å². The van der Waals surface area contributed by atoms with Crippen LogP contribution in [0.2, 0.25) is 0 Å². The number of aryl methyl sites for hydroxylation is 1. The summed E-state index contributed by atoms with van der Waals surface area (Å²) < 4.78 is 5.10. The Balaban J connectivity index is 2.14. The van der Waals surface area contributed by atoms with Crippen molar-refractivity contribution in [1.29, 1.82) is 0 Å². The minimum absolute atomic E-state index is 0.129. The van der Waals surface area contributed by atoms with Crippen LogP contribution in [-0.4, -0.2) is 23.2 Å². The molecule has 2 rings (SSSR count). The lowest BCUT2D eigenvalue weighted by Gasteiger charge is -2.02. The van der Waals surface area contributed by atoms with Gasteiger partial charge in [-0.05, 0) is 35.1 Å². The molecule has 2 aromatic rings. The second-order valence-corrected chi connectivity index (χ2v) is 5.21. The smallest absolute Gasteiger partial charge is 0.303 e. The zero-order chi connectivity index (χ0) is 13.7. The molecule has 2 aromatic heterocycles. The van der Waals surface area contributed by atoms with Crippen LogP contribution in [0.25, 0.3) is 11.1 Å². The lowest BCUT2D eigenvalue weighted by atomic mass is 10.1. The number of hydrogen-bond donors (Lipinski definition) is 1. The molecule has 100 valence electrons. The number of aromatic nitrogens is 1. The monoisotopic (exact) mass is 277 g/mol. The van der Waals surface area contributed by atoms with Crippen LogP contribution in [0, 0.1) is 0 Å². The van der Waals surface area contributed by atoms with Crippen molar-refractivity contribution in [3.63, 3.8) is 0 Å². The van der Waals surface area contributed by atoms with E-state index in [0.29, 0.717) is 13.0 Å². The molecule has 0 aliphatic rings. The molecule has 5 heteroatoms. The number of methoxy groups -OCH3 is 1. The molecular formula is C14H15NO3S. The molecule has 19 heavy (non-hydrogen) atoms. The number of nitrogens with zero attached hydrogens (tertiary/aromatic N) is 1. The summed E-state index contributed by atoms with van der Waals surface area (Å²) in [5, 5.41) is 10.8. The van der Waals surface area contributed by atoms with E-state index < -0.39 is 5.97 Å². The van der Waals surface area contributed by atoms with Crippen LogP contribution in [0.3, 0.4) is 0 Å². The molecule has 0 unspecified atom stereocenters. The highest BCUT2D eigenvalue weighted by Crippen LogP contribution is 2.26. The fourth-order valence-corrected chi connectivity index (χ4v) is 2.65. The van der Waals surface area contributed by atoms with Crippen LogP contribution in [0.5, 0.6) is 0 Å². The number of carbonyl (C=O) groups is 1. The molecule has 0 bridgehead atoms. The maximum absolute atomic E-state index is 10.6. The Kier molecular flexibility index (Phi) is 4.65. The minimum Gasteiger partial charge on any atom is -0.481 e. The summed E-state index contributed by atoms with van der Waals surface area (Å²) in [6.07, 6.45) is 4.15. The Bertz CT molecular complexity index is 565. The molecule has 2 heterocycles. The molecule has 0 fully saturated rings. The standard InChI is InChI=1S/C14H15NO3S/c1-18-8-13-5-12(9-19-13)11-4-10(6-15-7-11)2-3-14(16)17/h4-7,9H,2-3,8H2,1H3,(H,16,17). The van der Waals surface area contributed by atoms with Crippen LogP contribution < -0.4 is 0 Å². The fourth-order valence-electron chi connectivity index (χ4n) is 1.78. The van der Waals surface area contributed by atoms with Gasteiger partial charge in [0, 0.05) is 36.4 Å². The summed E-state index contributed by atoms with van der Waals surface area (Å²) in [7, 11) is 1.67. The molecule has 0 aliphatic heterocycles. The van der Waals surface area contributed by atoms with E-state index in [2.05, 4.69) is 16.4 Å². The van der Waals surface area contributed by atoms with Crippen LogP contribution in [0.4, 0.5) is 0 Å². The van der Waals surface area contributed by atoms with Gasteiger partial charge in [0.2, 0.25) is 0 Å². The molecule has 0 atom stereocenters. The van der Waals surface area contributed by atoms with E-state index in [0.717, 1.165) is 21.6 Å². The quantitative estimate of drug-likeness (QED) is 0.882. The van der Waals surface area contributed by atoms with Crippen molar-refractivity contribution in [2.45, 2.75) is 19.4 Å². The van der Waals surface area contributed by atoms with Crippen LogP contribution in [-0.2, 0) is 22.6 Å². The zero-order valence-electron chi connectivity index (χ0n) is 10.6. The van der Waals surface area contributed by atoms with Crippen molar-refractivity contribution in [2.24, 2.45) is 0 Å². The van der Waals surface area contributed by atoms with E-state index in [1.807, 2.05) is 6.07 Å². The largest absolute Gasteiger partial charge is 0.481 e. The van der Waals surface area contributed by atoms with Gasteiger partial charge in [-0.1, -0.05) is 0 Å². The lowest BCUT2D eigenvalue weighted by Crippen LogP contribution is -1.97. The highest BCUT2D eigenvalue weighted by molar-refractivity contribution is 7.10. The summed E-state index contributed by atoms with van der Waals surface area (Å²) in [5.74, 6) is -0.789. The molecule has 0 aromatic carbocycles. The van der Waals surface area contributed by atoms with Gasteiger partial charge in [0.1, 0.15) is 0 Å². The summed E-state index contributed by atoms with van der Waals surface area (Å²) in [6.45, 7) is 0.608. The van der Waals surface area contributed by atoms with Gasteiger partial charge < -0.3 is 9.84 Å². The van der Waals surface area contributed by atoms with Gasteiger partial charge in [0.25, 0.3) is 0 Å². The van der Waals surface area contributed by atoms with Crippen molar-refractivity contribution in [1.82, 2.24) is 4.98 Å². The highest BCUT2D eigenvalue weighted by atomic mass is 32.1. The third-order valence-corrected chi connectivity index (χ3v) is 3.61. The number of thiophene rings is 1.